The lowest BCUT2D eigenvalue weighted by atomic mass is 9.94. The van der Waals surface area contributed by atoms with Crippen molar-refractivity contribution in [2.45, 2.75) is 0 Å². The molecule has 0 saturated carbocycles. The van der Waals surface area contributed by atoms with Crippen LogP contribution in [0, 0.1) is 0 Å². The molecule has 0 radical (unpaired) electrons. The first kappa shape index (κ1) is 33.7. The number of aromatic nitrogens is 4. The van der Waals surface area contributed by atoms with Gasteiger partial charge in [-0.3, -0.25) is 9.78 Å². The first-order chi connectivity index (χ1) is 29.6. The normalized spacial score (nSPS) is 11.8. The maximum atomic E-state index is 14.5. The van der Waals surface area contributed by atoms with E-state index in [1.807, 2.05) is 114 Å². The number of rotatable bonds is 5. The highest BCUT2D eigenvalue weighted by Gasteiger charge is 2.29. The predicted molar refractivity (Wildman–Crippen MR) is 239 cm³/mol. The molecule has 5 aromatic carbocycles. The molecular formula is C52H30N4O4. The number of nitrogens with one attached hydrogen (secondary N) is 1. The minimum absolute atomic E-state index is 0.208. The molecule has 0 spiro atoms. The molecule has 12 rings (SSSR count). The summed E-state index contributed by atoms with van der Waals surface area (Å²) < 4.78 is 14.9. The number of H-pyrrole nitrogens is 1. The highest BCUT2D eigenvalue weighted by molar-refractivity contribution is 6.06. The van der Waals surface area contributed by atoms with Gasteiger partial charge in [0.25, 0.3) is 0 Å². The maximum Gasteiger partial charge on any atom is 0.345 e. The Balaban J connectivity index is 1.33. The Morgan fingerprint density at radius 1 is 0.533 bits per heavy atom. The zero-order chi connectivity index (χ0) is 39.9. The van der Waals surface area contributed by atoms with Crippen molar-refractivity contribution in [2.24, 2.45) is 0 Å². The van der Waals surface area contributed by atoms with Gasteiger partial charge in [0.2, 0.25) is 0 Å². The van der Waals surface area contributed by atoms with Crippen molar-refractivity contribution in [3.8, 4) is 56.5 Å². The van der Waals surface area contributed by atoms with Gasteiger partial charge < -0.3 is 18.2 Å². The van der Waals surface area contributed by atoms with Gasteiger partial charge in [-0.1, -0.05) is 97.1 Å². The minimum atomic E-state index is -0.512. The largest absolute Gasteiger partial charge is 0.454 e. The third-order valence-electron chi connectivity index (χ3n) is 11.4. The van der Waals surface area contributed by atoms with E-state index in [0.29, 0.717) is 56.2 Å². The van der Waals surface area contributed by atoms with Gasteiger partial charge in [0, 0.05) is 67.2 Å². The lowest BCUT2D eigenvalue weighted by molar-refractivity contribution is 0.563. The second-order valence-corrected chi connectivity index (χ2v) is 14.9. The molecule has 0 aliphatic carbocycles. The van der Waals surface area contributed by atoms with Gasteiger partial charge in [-0.05, 0) is 72.1 Å². The van der Waals surface area contributed by atoms with E-state index in [0.717, 1.165) is 60.3 Å². The number of fused-ring (bicyclic) bond motifs is 6. The Labute approximate surface area is 340 Å². The quantitative estimate of drug-likeness (QED) is 0.175. The standard InChI is InChI=1S/C52H30N4O4/c57-44-29-47(59-46-20-10-6-16-36(44)46)51-48(49-35-15-5-1-11-30(35)23-24-53-49)37(42-22-21-31-12-2-7-17-40(31)54-42)27-34-28-38(43-26-32-13-3-8-18-41(32)55-43)50(56(34)51)39-25-33-14-4-9-19-45(33)60-52(39)58/h1-29,55H. The van der Waals surface area contributed by atoms with Crippen LogP contribution < -0.4 is 11.1 Å². The maximum absolute atomic E-state index is 14.5. The van der Waals surface area contributed by atoms with E-state index in [1.165, 1.54) is 0 Å². The lowest BCUT2D eigenvalue weighted by Crippen LogP contribution is -2.09. The van der Waals surface area contributed by atoms with Crippen LogP contribution in [0.15, 0.2) is 194 Å². The van der Waals surface area contributed by atoms with Gasteiger partial charge in [0.15, 0.2) is 11.2 Å². The monoisotopic (exact) mass is 774 g/mol. The van der Waals surface area contributed by atoms with E-state index >= 15 is 0 Å². The highest BCUT2D eigenvalue weighted by Crippen LogP contribution is 2.47. The van der Waals surface area contributed by atoms with E-state index in [-0.39, 0.29) is 5.43 Å². The van der Waals surface area contributed by atoms with Crippen LogP contribution in [0.3, 0.4) is 0 Å². The molecule has 0 unspecified atom stereocenters. The number of aromatic amines is 1. The number of hydrogen-bond donors (Lipinski definition) is 1. The average Bonchev–Trinajstić information content (AvgIpc) is 3.90. The van der Waals surface area contributed by atoms with Crippen LogP contribution in [0.25, 0.3) is 117 Å². The van der Waals surface area contributed by atoms with E-state index in [2.05, 4.69) is 41.4 Å². The Kier molecular flexibility index (Phi) is 7.36. The minimum Gasteiger partial charge on any atom is -0.454 e. The number of para-hydroxylation sites is 4. The van der Waals surface area contributed by atoms with Crippen molar-refractivity contribution in [1.29, 1.82) is 0 Å². The van der Waals surface area contributed by atoms with Crippen LogP contribution in [0.2, 0.25) is 0 Å². The molecule has 8 heteroatoms. The Morgan fingerprint density at radius 3 is 2.12 bits per heavy atom. The van der Waals surface area contributed by atoms with E-state index in [1.54, 1.807) is 30.5 Å². The van der Waals surface area contributed by atoms with E-state index in [4.69, 9.17) is 18.8 Å². The van der Waals surface area contributed by atoms with Gasteiger partial charge in [-0.15, -0.1) is 0 Å². The van der Waals surface area contributed by atoms with Gasteiger partial charge in [-0.2, -0.15) is 0 Å². The summed E-state index contributed by atoms with van der Waals surface area (Å²) in [7, 11) is 0. The summed E-state index contributed by atoms with van der Waals surface area (Å²) in [6.07, 6.45) is 1.80. The summed E-state index contributed by atoms with van der Waals surface area (Å²) in [4.78, 5) is 42.6. The van der Waals surface area contributed by atoms with Crippen molar-refractivity contribution in [2.75, 3.05) is 0 Å². The molecule has 0 atom stereocenters. The molecule has 7 heterocycles. The predicted octanol–water partition coefficient (Wildman–Crippen LogP) is 12.1. The van der Waals surface area contributed by atoms with Gasteiger partial charge in [0.1, 0.15) is 11.2 Å². The van der Waals surface area contributed by atoms with Crippen molar-refractivity contribution >= 4 is 60.0 Å². The van der Waals surface area contributed by atoms with Crippen LogP contribution in [0.4, 0.5) is 0 Å². The molecular weight excluding hydrogens is 745 g/mol. The Morgan fingerprint density at radius 2 is 1.25 bits per heavy atom. The summed E-state index contributed by atoms with van der Waals surface area (Å²) in [6, 6.07) is 54.6. The van der Waals surface area contributed by atoms with E-state index in [9.17, 15) is 9.59 Å². The van der Waals surface area contributed by atoms with Crippen molar-refractivity contribution < 1.29 is 8.83 Å². The summed E-state index contributed by atoms with van der Waals surface area (Å²) in [5, 5.41) is 5.10. The van der Waals surface area contributed by atoms with Gasteiger partial charge >= 0.3 is 5.63 Å². The molecule has 8 nitrogen and oxygen atoms in total. The second-order valence-electron chi connectivity index (χ2n) is 14.9. The van der Waals surface area contributed by atoms with Crippen LogP contribution in [0.1, 0.15) is 0 Å². The SMILES string of the molecule is O=c1oc2ccccc2cc1-c1c(-c2cc3ccccc3[nH]2)cc2cc(-c3ccc4ccccc4n3)c(-c3nccc4ccccc34)c(-c3cc(=O)c4ccccc4o3)n12. The van der Waals surface area contributed by atoms with E-state index < -0.39 is 5.63 Å². The molecule has 1 N–H and O–H groups in total. The molecule has 0 amide bonds. The fourth-order valence-corrected chi connectivity index (χ4v) is 8.68. The van der Waals surface area contributed by atoms with Gasteiger partial charge in [0.05, 0.1) is 39.2 Å². The molecule has 0 bridgehead atoms. The molecule has 282 valence electrons. The smallest absolute Gasteiger partial charge is 0.345 e. The third-order valence-corrected chi connectivity index (χ3v) is 11.4. The second kappa shape index (κ2) is 13.1. The number of benzene rings is 5. The molecule has 0 saturated heterocycles. The number of pyridine rings is 3. The summed E-state index contributed by atoms with van der Waals surface area (Å²) in [5.74, 6) is 0.293. The van der Waals surface area contributed by atoms with Crippen molar-refractivity contribution in [1.82, 2.24) is 19.4 Å². The van der Waals surface area contributed by atoms with Crippen LogP contribution in [-0.2, 0) is 0 Å². The Bertz CT molecular complexity index is 3820. The topological polar surface area (TPSA) is 106 Å². The van der Waals surface area contributed by atoms with Crippen LogP contribution in [0.5, 0.6) is 0 Å². The molecule has 7 aromatic heterocycles. The summed E-state index contributed by atoms with van der Waals surface area (Å²) in [5.41, 5.74) is 8.43. The fourth-order valence-electron chi connectivity index (χ4n) is 8.68. The highest BCUT2D eigenvalue weighted by atomic mass is 16.4. The number of nitrogens with zero attached hydrogens (tertiary/aromatic N) is 3. The zero-order valence-corrected chi connectivity index (χ0v) is 31.7. The first-order valence-electron chi connectivity index (χ1n) is 19.6. The zero-order valence-electron chi connectivity index (χ0n) is 31.7. The molecule has 0 aliphatic rings. The third kappa shape index (κ3) is 5.24. The fraction of sp³-hybridized carbons (Fsp3) is 0. The Hall–Kier alpha value is -8.36. The van der Waals surface area contributed by atoms with Crippen molar-refractivity contribution in [3.05, 3.63) is 197 Å². The molecule has 12 aromatic rings. The summed E-state index contributed by atoms with van der Waals surface area (Å²) >= 11 is 0. The van der Waals surface area contributed by atoms with Crippen LogP contribution >= 0.6 is 0 Å². The average molecular weight is 775 g/mol. The lowest BCUT2D eigenvalue weighted by Gasteiger charge is -2.20. The molecule has 0 aliphatic heterocycles. The summed E-state index contributed by atoms with van der Waals surface area (Å²) in [6.45, 7) is 0. The molecule has 0 fully saturated rings. The van der Waals surface area contributed by atoms with Crippen molar-refractivity contribution in [3.63, 3.8) is 0 Å². The van der Waals surface area contributed by atoms with Crippen LogP contribution in [-0.4, -0.2) is 19.4 Å². The first-order valence-corrected chi connectivity index (χ1v) is 19.6. The molecule has 60 heavy (non-hydrogen) atoms. The number of hydrogen-bond acceptors (Lipinski definition) is 6. The van der Waals surface area contributed by atoms with Gasteiger partial charge in [-0.25, -0.2) is 9.78 Å².